The summed E-state index contributed by atoms with van der Waals surface area (Å²) in [5, 5.41) is 23.0. The van der Waals surface area contributed by atoms with Crippen molar-refractivity contribution in [1.29, 1.82) is 0 Å². The first kappa shape index (κ1) is 21.4. The van der Waals surface area contributed by atoms with Gasteiger partial charge in [0, 0.05) is 35.2 Å². The largest absolute Gasteiger partial charge is 0.330 e. The van der Waals surface area contributed by atoms with Crippen LogP contribution in [-0.4, -0.2) is 41.5 Å². The predicted octanol–water partition coefficient (Wildman–Crippen LogP) is 5.50. The average molecular weight is 482 g/mol. The summed E-state index contributed by atoms with van der Waals surface area (Å²) in [5.41, 5.74) is 4.83. The SMILES string of the molecule is CCc1cccc(CC)c1Nc1nnc(SCC2CSc3nnc(-c4ccncc4)n32)s1. The zero-order chi connectivity index (χ0) is 21.9. The van der Waals surface area contributed by atoms with Crippen molar-refractivity contribution in [2.75, 3.05) is 16.8 Å². The second-order valence-corrected chi connectivity index (χ2v) is 10.6. The molecule has 3 aromatic heterocycles. The van der Waals surface area contributed by atoms with E-state index < -0.39 is 0 Å². The maximum Gasteiger partial charge on any atom is 0.210 e. The van der Waals surface area contributed by atoms with Gasteiger partial charge in [-0.3, -0.25) is 9.55 Å². The van der Waals surface area contributed by atoms with Crippen molar-refractivity contribution in [2.45, 2.75) is 42.2 Å². The monoisotopic (exact) mass is 481 g/mol. The lowest BCUT2D eigenvalue weighted by molar-refractivity contribution is 0.597. The van der Waals surface area contributed by atoms with Crippen LogP contribution in [-0.2, 0) is 12.8 Å². The predicted molar refractivity (Wildman–Crippen MR) is 132 cm³/mol. The van der Waals surface area contributed by atoms with Crippen LogP contribution in [0.2, 0.25) is 0 Å². The van der Waals surface area contributed by atoms with E-state index >= 15 is 0 Å². The Morgan fingerprint density at radius 1 is 1.03 bits per heavy atom. The van der Waals surface area contributed by atoms with E-state index in [1.54, 1.807) is 47.3 Å². The maximum absolute atomic E-state index is 4.42. The van der Waals surface area contributed by atoms with Gasteiger partial charge in [0.1, 0.15) is 0 Å². The Kier molecular flexibility index (Phi) is 6.42. The van der Waals surface area contributed by atoms with Crippen LogP contribution in [0.3, 0.4) is 0 Å². The molecule has 164 valence electrons. The third kappa shape index (κ3) is 4.26. The van der Waals surface area contributed by atoms with E-state index in [0.29, 0.717) is 6.04 Å². The molecule has 1 unspecified atom stereocenters. The normalized spacial score (nSPS) is 15.1. The number of fused-ring (bicyclic) bond motifs is 1. The smallest absolute Gasteiger partial charge is 0.210 e. The summed E-state index contributed by atoms with van der Waals surface area (Å²) in [4.78, 5) is 4.11. The number of benzene rings is 1. The molecule has 5 rings (SSSR count). The highest BCUT2D eigenvalue weighted by molar-refractivity contribution is 8.01. The van der Waals surface area contributed by atoms with Crippen molar-refractivity contribution in [1.82, 2.24) is 29.9 Å². The van der Waals surface area contributed by atoms with Crippen molar-refractivity contribution >= 4 is 45.7 Å². The minimum absolute atomic E-state index is 0.311. The number of hydrogen-bond donors (Lipinski definition) is 1. The second-order valence-electron chi connectivity index (χ2n) is 7.34. The van der Waals surface area contributed by atoms with E-state index in [9.17, 15) is 0 Å². The molecule has 0 spiro atoms. The van der Waals surface area contributed by atoms with Gasteiger partial charge in [0.05, 0.1) is 6.04 Å². The highest BCUT2D eigenvalue weighted by Crippen LogP contribution is 2.40. The van der Waals surface area contributed by atoms with Crippen molar-refractivity contribution < 1.29 is 0 Å². The van der Waals surface area contributed by atoms with E-state index in [1.165, 1.54) is 16.8 Å². The van der Waals surface area contributed by atoms with Crippen LogP contribution in [0.15, 0.2) is 52.2 Å². The molecule has 10 heteroatoms. The summed E-state index contributed by atoms with van der Waals surface area (Å²) >= 11 is 5.11. The van der Waals surface area contributed by atoms with Crippen molar-refractivity contribution in [3.8, 4) is 11.4 Å². The quantitative estimate of drug-likeness (QED) is 0.331. The van der Waals surface area contributed by atoms with Crippen LogP contribution in [0.5, 0.6) is 0 Å². The van der Waals surface area contributed by atoms with E-state index in [1.807, 2.05) is 12.1 Å². The topological polar surface area (TPSA) is 81.4 Å². The molecular weight excluding hydrogens is 458 g/mol. The number of thioether (sulfide) groups is 2. The zero-order valence-electron chi connectivity index (χ0n) is 17.9. The summed E-state index contributed by atoms with van der Waals surface area (Å²) in [5.74, 6) is 2.79. The molecule has 1 aromatic carbocycles. The minimum atomic E-state index is 0.311. The maximum atomic E-state index is 4.42. The number of aromatic nitrogens is 6. The molecular formula is C22H23N7S3. The fraction of sp³-hybridized carbons (Fsp3) is 0.318. The number of nitrogens with zero attached hydrogens (tertiary/aromatic N) is 6. The Bertz CT molecular complexity index is 1180. The summed E-state index contributed by atoms with van der Waals surface area (Å²) in [6.45, 7) is 4.36. The van der Waals surface area contributed by atoms with Gasteiger partial charge in [0.15, 0.2) is 15.3 Å². The Morgan fingerprint density at radius 3 is 2.56 bits per heavy atom. The van der Waals surface area contributed by atoms with Gasteiger partial charge in [-0.1, -0.05) is 66.9 Å². The first-order chi connectivity index (χ1) is 15.8. The number of para-hydroxylation sites is 1. The number of nitrogens with one attached hydrogen (secondary N) is 1. The average Bonchev–Trinajstić information content (AvgIpc) is 3.55. The van der Waals surface area contributed by atoms with Gasteiger partial charge < -0.3 is 5.32 Å². The molecule has 0 aliphatic carbocycles. The standard InChI is InChI=1S/C22H23N7S3/c1-3-14-6-5-7-15(4-2)18(14)24-20-26-28-22(32-20)31-13-17-12-30-21-27-25-19(29(17)21)16-8-10-23-11-9-16/h5-11,17H,3-4,12-13H2,1-2H3,(H,24,26). The molecule has 1 atom stereocenters. The Balaban J connectivity index is 1.29. The molecule has 4 heterocycles. The molecule has 7 nitrogen and oxygen atoms in total. The molecule has 4 aromatic rings. The lowest BCUT2D eigenvalue weighted by atomic mass is 10.0. The van der Waals surface area contributed by atoms with Gasteiger partial charge in [-0.05, 0) is 36.1 Å². The number of pyridine rings is 1. The number of hydrogen-bond acceptors (Lipinski definition) is 9. The Hall–Kier alpha value is -2.43. The summed E-state index contributed by atoms with van der Waals surface area (Å²) in [6.07, 6.45) is 5.55. The van der Waals surface area contributed by atoms with Crippen molar-refractivity contribution in [3.63, 3.8) is 0 Å². The lowest BCUT2D eigenvalue weighted by Gasteiger charge is -2.13. The van der Waals surface area contributed by atoms with Crippen molar-refractivity contribution in [3.05, 3.63) is 53.9 Å². The molecule has 0 bridgehead atoms. The van der Waals surface area contributed by atoms with Crippen LogP contribution < -0.4 is 5.32 Å². The third-order valence-electron chi connectivity index (χ3n) is 5.41. The van der Waals surface area contributed by atoms with Gasteiger partial charge in [0.25, 0.3) is 0 Å². The summed E-state index contributed by atoms with van der Waals surface area (Å²) < 4.78 is 3.22. The van der Waals surface area contributed by atoms with Gasteiger partial charge >= 0.3 is 0 Å². The molecule has 0 saturated carbocycles. The number of aryl methyl sites for hydroxylation is 2. The van der Waals surface area contributed by atoms with Gasteiger partial charge in [-0.15, -0.1) is 20.4 Å². The fourth-order valence-electron chi connectivity index (χ4n) is 3.77. The summed E-state index contributed by atoms with van der Waals surface area (Å²) in [7, 11) is 0. The molecule has 1 N–H and O–H groups in total. The number of anilines is 2. The van der Waals surface area contributed by atoms with Crippen molar-refractivity contribution in [2.24, 2.45) is 0 Å². The Labute approximate surface area is 199 Å². The van der Waals surface area contributed by atoms with Crippen LogP contribution in [0, 0.1) is 0 Å². The molecule has 1 aliphatic heterocycles. The highest BCUT2D eigenvalue weighted by Gasteiger charge is 2.29. The first-order valence-electron chi connectivity index (χ1n) is 10.6. The van der Waals surface area contributed by atoms with Gasteiger partial charge in [-0.25, -0.2) is 0 Å². The third-order valence-corrected chi connectivity index (χ3v) is 8.61. The van der Waals surface area contributed by atoms with Gasteiger partial charge in [-0.2, -0.15) is 0 Å². The van der Waals surface area contributed by atoms with E-state index in [-0.39, 0.29) is 0 Å². The highest BCUT2D eigenvalue weighted by atomic mass is 32.2. The second kappa shape index (κ2) is 9.60. The molecule has 1 aliphatic rings. The minimum Gasteiger partial charge on any atom is -0.330 e. The van der Waals surface area contributed by atoms with Crippen LogP contribution in [0.4, 0.5) is 10.8 Å². The first-order valence-corrected chi connectivity index (χ1v) is 13.4. The van der Waals surface area contributed by atoms with E-state index in [4.69, 9.17) is 0 Å². The molecule has 0 amide bonds. The summed E-state index contributed by atoms with van der Waals surface area (Å²) in [6, 6.07) is 10.7. The zero-order valence-corrected chi connectivity index (χ0v) is 20.3. The van der Waals surface area contributed by atoms with Gasteiger partial charge in [0.2, 0.25) is 5.13 Å². The van der Waals surface area contributed by atoms with E-state index in [0.717, 1.165) is 50.4 Å². The molecule has 0 radical (unpaired) electrons. The molecule has 0 fully saturated rings. The number of rotatable bonds is 8. The fourth-order valence-corrected chi connectivity index (χ4v) is 6.86. The van der Waals surface area contributed by atoms with Crippen LogP contribution in [0.25, 0.3) is 11.4 Å². The lowest BCUT2D eigenvalue weighted by Crippen LogP contribution is -2.11. The molecule has 32 heavy (non-hydrogen) atoms. The molecule has 0 saturated heterocycles. The van der Waals surface area contributed by atoms with Crippen LogP contribution >= 0.6 is 34.9 Å². The van der Waals surface area contributed by atoms with E-state index in [2.05, 4.69) is 67.3 Å². The Morgan fingerprint density at radius 2 is 1.81 bits per heavy atom. The van der Waals surface area contributed by atoms with Crippen LogP contribution in [0.1, 0.15) is 31.0 Å².